The van der Waals surface area contributed by atoms with Crippen LogP contribution in [0.15, 0.2) is 28.7 Å². The maximum Gasteiger partial charge on any atom is 0.414 e. The van der Waals surface area contributed by atoms with Gasteiger partial charge in [0.25, 0.3) is 0 Å². The van der Waals surface area contributed by atoms with E-state index in [2.05, 4.69) is 34.9 Å². The second kappa shape index (κ2) is 11.1. The van der Waals surface area contributed by atoms with Gasteiger partial charge in [-0.2, -0.15) is 0 Å². The summed E-state index contributed by atoms with van der Waals surface area (Å²) < 4.78 is 6.68. The number of unbranched alkanes of at least 4 members (excludes halogenated alkanes) is 1. The summed E-state index contributed by atoms with van der Waals surface area (Å²) in [4.78, 5) is 20.4. The van der Waals surface area contributed by atoms with E-state index in [1.165, 1.54) is 6.42 Å². The van der Waals surface area contributed by atoms with E-state index in [-0.39, 0.29) is 0 Å². The minimum atomic E-state index is -1.82. The third-order valence-corrected chi connectivity index (χ3v) is 2.93. The summed E-state index contributed by atoms with van der Waals surface area (Å²) in [6.45, 7) is 1.91. The Balaban J connectivity index is 0.000000567. The van der Waals surface area contributed by atoms with Gasteiger partial charge in [-0.3, -0.25) is 0 Å². The number of benzene rings is 1. The van der Waals surface area contributed by atoms with Crippen LogP contribution in [-0.4, -0.2) is 54.3 Å². The number of hydrogen-bond donors (Lipinski definition) is 2. The van der Waals surface area contributed by atoms with Crippen LogP contribution in [0.5, 0.6) is 5.75 Å². The summed E-state index contributed by atoms with van der Waals surface area (Å²) in [6.07, 6.45) is 2.27. The molecular weight excluding hydrogens is 342 g/mol. The zero-order valence-corrected chi connectivity index (χ0v) is 13.7. The fraction of sp³-hybridized carbons (Fsp3) is 0.429. The third-order valence-electron chi connectivity index (χ3n) is 2.28. The molecule has 2 N–H and O–H groups in total. The number of carboxylic acids is 2. The largest absolute Gasteiger partial charge is 0.492 e. The van der Waals surface area contributed by atoms with Crippen molar-refractivity contribution in [1.29, 1.82) is 0 Å². The highest BCUT2D eigenvalue weighted by Crippen LogP contribution is 2.23. The molecule has 0 atom stereocenters. The molecule has 6 nitrogen and oxygen atoms in total. The number of halogens is 1. The molecule has 0 saturated carbocycles. The summed E-state index contributed by atoms with van der Waals surface area (Å²) in [5.41, 5.74) is 0. The predicted molar refractivity (Wildman–Crippen MR) is 82.7 cm³/mol. The lowest BCUT2D eigenvalue weighted by Gasteiger charge is -2.10. The molecule has 0 aliphatic heterocycles. The molecule has 0 saturated heterocycles. The molecule has 1 aromatic rings. The Morgan fingerprint density at radius 2 is 1.71 bits per heavy atom. The zero-order chi connectivity index (χ0) is 16.3. The molecule has 1 aromatic carbocycles. The van der Waals surface area contributed by atoms with E-state index in [0.717, 1.165) is 29.8 Å². The normalized spacial score (nSPS) is 9.71. The van der Waals surface area contributed by atoms with Crippen molar-refractivity contribution < 1.29 is 24.5 Å². The topological polar surface area (TPSA) is 87.1 Å². The second-order valence-corrected chi connectivity index (χ2v) is 5.25. The smallest absolute Gasteiger partial charge is 0.414 e. The van der Waals surface area contributed by atoms with Crippen LogP contribution in [-0.2, 0) is 9.59 Å². The van der Waals surface area contributed by atoms with Gasteiger partial charge in [0.2, 0.25) is 0 Å². The molecule has 0 radical (unpaired) electrons. The average Bonchev–Trinajstić information content (AvgIpc) is 2.40. The number of hydrogen-bond acceptors (Lipinski definition) is 4. The quantitative estimate of drug-likeness (QED) is 0.597. The fourth-order valence-electron chi connectivity index (χ4n) is 1.27. The molecule has 0 aliphatic rings. The van der Waals surface area contributed by atoms with E-state index >= 15 is 0 Å². The van der Waals surface area contributed by atoms with Crippen LogP contribution >= 0.6 is 15.9 Å². The van der Waals surface area contributed by atoms with Crippen molar-refractivity contribution in [3.8, 4) is 5.75 Å². The minimum absolute atomic E-state index is 0.788. The summed E-state index contributed by atoms with van der Waals surface area (Å²) in [6, 6.07) is 7.95. The van der Waals surface area contributed by atoms with E-state index in [1.807, 2.05) is 24.3 Å². The van der Waals surface area contributed by atoms with E-state index in [4.69, 9.17) is 24.5 Å². The van der Waals surface area contributed by atoms with Gasteiger partial charge in [0, 0.05) is 0 Å². The van der Waals surface area contributed by atoms with Crippen LogP contribution in [0.4, 0.5) is 0 Å². The van der Waals surface area contributed by atoms with Gasteiger partial charge < -0.3 is 19.8 Å². The molecule has 1 rings (SSSR count). The highest BCUT2D eigenvalue weighted by atomic mass is 79.9. The molecule has 7 heteroatoms. The summed E-state index contributed by atoms with van der Waals surface area (Å²) in [5.74, 6) is -2.72. The monoisotopic (exact) mass is 361 g/mol. The van der Waals surface area contributed by atoms with E-state index < -0.39 is 11.9 Å². The van der Waals surface area contributed by atoms with Gasteiger partial charge in [0.1, 0.15) is 5.75 Å². The maximum atomic E-state index is 9.10. The highest BCUT2D eigenvalue weighted by Gasteiger charge is 2.04. The highest BCUT2D eigenvalue weighted by molar-refractivity contribution is 9.10. The molecule has 118 valence electrons. The van der Waals surface area contributed by atoms with Crippen LogP contribution in [0.25, 0.3) is 0 Å². The van der Waals surface area contributed by atoms with Crippen molar-refractivity contribution in [3.63, 3.8) is 0 Å². The average molecular weight is 362 g/mol. The lowest BCUT2D eigenvalue weighted by Crippen LogP contribution is -2.13. The van der Waals surface area contributed by atoms with Gasteiger partial charge in [0.05, 0.1) is 11.1 Å². The van der Waals surface area contributed by atoms with Crippen molar-refractivity contribution in [2.75, 3.05) is 27.2 Å². The SMILES string of the molecule is CN(C)CCCCOc1ccccc1Br.O=C(O)C(=O)O. The second-order valence-electron chi connectivity index (χ2n) is 4.40. The number of carbonyl (C=O) groups is 2. The Labute approximate surface area is 132 Å². The number of ether oxygens (including phenoxy) is 1. The molecule has 0 amide bonds. The molecule has 21 heavy (non-hydrogen) atoms. The Kier molecular flexibility index (Phi) is 10.3. The first-order chi connectivity index (χ1) is 9.84. The Morgan fingerprint density at radius 1 is 1.14 bits per heavy atom. The lowest BCUT2D eigenvalue weighted by molar-refractivity contribution is -0.159. The van der Waals surface area contributed by atoms with Crippen LogP contribution in [0.3, 0.4) is 0 Å². The van der Waals surface area contributed by atoms with Crippen molar-refractivity contribution >= 4 is 27.9 Å². The molecular formula is C14H20BrNO5. The number of nitrogens with zero attached hydrogens (tertiary/aromatic N) is 1. The van der Waals surface area contributed by atoms with Crippen LogP contribution in [0, 0.1) is 0 Å². The van der Waals surface area contributed by atoms with Gasteiger partial charge in [0.15, 0.2) is 0 Å². The molecule has 0 aromatic heterocycles. The van der Waals surface area contributed by atoms with Crippen molar-refractivity contribution in [1.82, 2.24) is 4.90 Å². The number of aliphatic carboxylic acids is 2. The van der Waals surface area contributed by atoms with Crippen LogP contribution in [0.2, 0.25) is 0 Å². The summed E-state index contributed by atoms with van der Waals surface area (Å²) in [5, 5.41) is 14.8. The Morgan fingerprint density at radius 3 is 2.19 bits per heavy atom. The molecule has 0 heterocycles. The zero-order valence-electron chi connectivity index (χ0n) is 12.1. The van der Waals surface area contributed by atoms with Crippen molar-refractivity contribution in [2.24, 2.45) is 0 Å². The predicted octanol–water partition coefficient (Wildman–Crippen LogP) is 2.33. The van der Waals surface area contributed by atoms with E-state index in [1.54, 1.807) is 0 Å². The fourth-order valence-corrected chi connectivity index (χ4v) is 1.67. The van der Waals surface area contributed by atoms with Gasteiger partial charge in [-0.1, -0.05) is 12.1 Å². The maximum absolute atomic E-state index is 9.10. The lowest BCUT2D eigenvalue weighted by atomic mass is 10.3. The van der Waals surface area contributed by atoms with Crippen molar-refractivity contribution in [3.05, 3.63) is 28.7 Å². The molecule has 0 bridgehead atoms. The molecule has 0 unspecified atom stereocenters. The molecule has 0 fully saturated rings. The van der Waals surface area contributed by atoms with Gasteiger partial charge >= 0.3 is 11.9 Å². The summed E-state index contributed by atoms with van der Waals surface area (Å²) >= 11 is 3.46. The Bertz CT molecular complexity index is 439. The first-order valence-electron chi connectivity index (χ1n) is 6.33. The van der Waals surface area contributed by atoms with E-state index in [9.17, 15) is 0 Å². The van der Waals surface area contributed by atoms with Gasteiger partial charge in [-0.15, -0.1) is 0 Å². The van der Waals surface area contributed by atoms with Crippen molar-refractivity contribution in [2.45, 2.75) is 12.8 Å². The minimum Gasteiger partial charge on any atom is -0.492 e. The third kappa shape index (κ3) is 10.8. The Hall–Kier alpha value is -1.60. The summed E-state index contributed by atoms with van der Waals surface area (Å²) in [7, 11) is 4.18. The number of rotatable bonds is 6. The first kappa shape index (κ1) is 19.4. The molecule has 0 aliphatic carbocycles. The standard InChI is InChI=1S/C12H18BrNO.C2H2O4/c1-14(2)9-5-6-10-15-12-8-4-3-7-11(12)13;3-1(4)2(5)6/h3-4,7-8H,5-6,9-10H2,1-2H3;(H,3,4)(H,5,6). The van der Waals surface area contributed by atoms with Crippen LogP contribution < -0.4 is 4.74 Å². The number of para-hydroxylation sites is 1. The molecule has 0 spiro atoms. The van der Waals surface area contributed by atoms with Crippen LogP contribution in [0.1, 0.15) is 12.8 Å². The van der Waals surface area contributed by atoms with Gasteiger partial charge in [-0.05, 0) is 61.5 Å². The number of carboxylic acid groups (broad SMARTS) is 2. The van der Waals surface area contributed by atoms with Gasteiger partial charge in [-0.25, -0.2) is 9.59 Å². The first-order valence-corrected chi connectivity index (χ1v) is 7.12. The van der Waals surface area contributed by atoms with E-state index in [0.29, 0.717) is 0 Å².